The number of hydrogen-bond donors (Lipinski definition) is 1. The summed E-state index contributed by atoms with van der Waals surface area (Å²) in [5.41, 5.74) is 3.57. The van der Waals surface area contributed by atoms with Crippen LogP contribution in [0.5, 0.6) is 0 Å². The van der Waals surface area contributed by atoms with Gasteiger partial charge in [-0.3, -0.25) is 4.79 Å². The number of aromatic nitrogens is 1. The van der Waals surface area contributed by atoms with Crippen LogP contribution in [-0.4, -0.2) is 15.6 Å². The van der Waals surface area contributed by atoms with Crippen LogP contribution in [0.2, 0.25) is 5.02 Å². The highest BCUT2D eigenvalue weighted by Gasteiger charge is 2.09. The van der Waals surface area contributed by atoms with Gasteiger partial charge < -0.3 is 9.67 Å². The first-order valence-corrected chi connectivity index (χ1v) is 8.04. The molecule has 0 amide bonds. The number of fused-ring (bicyclic) bond motifs is 1. The number of halogens is 1. The minimum Gasteiger partial charge on any atom is -0.481 e. The molecule has 0 fully saturated rings. The summed E-state index contributed by atoms with van der Waals surface area (Å²) in [4.78, 5) is 10.7. The van der Waals surface area contributed by atoms with Crippen LogP contribution in [0, 0.1) is 0 Å². The van der Waals surface area contributed by atoms with Crippen molar-refractivity contribution in [2.24, 2.45) is 0 Å². The van der Waals surface area contributed by atoms with Crippen LogP contribution in [-0.2, 0) is 17.8 Å². The number of aliphatic carboxylic acids is 1. The number of carbonyl (C=O) groups is 1. The van der Waals surface area contributed by atoms with Crippen LogP contribution >= 0.6 is 11.6 Å². The summed E-state index contributed by atoms with van der Waals surface area (Å²) in [6, 6.07) is 16.1. The van der Waals surface area contributed by atoms with E-state index >= 15 is 0 Å². The zero-order chi connectivity index (χ0) is 16.2. The van der Waals surface area contributed by atoms with E-state index in [1.807, 2.05) is 36.4 Å². The van der Waals surface area contributed by atoms with Crippen LogP contribution < -0.4 is 0 Å². The van der Waals surface area contributed by atoms with Crippen molar-refractivity contribution in [2.45, 2.75) is 25.8 Å². The van der Waals surface area contributed by atoms with Crippen LogP contribution in [0.4, 0.5) is 0 Å². The molecule has 0 saturated carbocycles. The third kappa shape index (κ3) is 3.74. The van der Waals surface area contributed by atoms with E-state index in [4.69, 9.17) is 16.7 Å². The topological polar surface area (TPSA) is 42.2 Å². The first-order valence-electron chi connectivity index (χ1n) is 7.66. The molecule has 0 radical (unpaired) electrons. The Balaban J connectivity index is 1.87. The zero-order valence-electron chi connectivity index (χ0n) is 12.7. The van der Waals surface area contributed by atoms with E-state index in [9.17, 15) is 4.79 Å². The lowest BCUT2D eigenvalue weighted by molar-refractivity contribution is -0.137. The highest BCUT2D eigenvalue weighted by molar-refractivity contribution is 6.30. The van der Waals surface area contributed by atoms with E-state index in [-0.39, 0.29) is 6.42 Å². The third-order valence-electron chi connectivity index (χ3n) is 3.97. The fraction of sp³-hybridized carbons (Fsp3) is 0.211. The maximum atomic E-state index is 10.7. The van der Waals surface area contributed by atoms with Gasteiger partial charge in [0.25, 0.3) is 0 Å². The second-order valence-electron chi connectivity index (χ2n) is 5.67. The lowest BCUT2D eigenvalue weighted by atomic mass is 10.1. The van der Waals surface area contributed by atoms with E-state index in [1.54, 1.807) is 0 Å². The number of benzene rings is 2. The van der Waals surface area contributed by atoms with Gasteiger partial charge in [-0.25, -0.2) is 0 Å². The summed E-state index contributed by atoms with van der Waals surface area (Å²) in [7, 11) is 0. The van der Waals surface area contributed by atoms with E-state index in [0.29, 0.717) is 6.42 Å². The number of carboxylic acids is 1. The van der Waals surface area contributed by atoms with Crippen LogP contribution in [0.25, 0.3) is 10.9 Å². The van der Waals surface area contributed by atoms with Gasteiger partial charge in [0.15, 0.2) is 0 Å². The van der Waals surface area contributed by atoms with Crippen LogP contribution in [0.1, 0.15) is 24.0 Å². The Bertz CT molecular complexity index is 821. The van der Waals surface area contributed by atoms with E-state index in [2.05, 4.69) is 22.9 Å². The number of carboxylic acid groups (broad SMARTS) is 1. The van der Waals surface area contributed by atoms with Gasteiger partial charge in [0.2, 0.25) is 0 Å². The summed E-state index contributed by atoms with van der Waals surface area (Å²) in [5.74, 6) is -0.741. The Kier molecular flexibility index (Phi) is 4.68. The fourth-order valence-electron chi connectivity index (χ4n) is 2.87. The first-order chi connectivity index (χ1) is 11.1. The number of para-hydroxylation sites is 1. The Morgan fingerprint density at radius 3 is 2.57 bits per heavy atom. The Morgan fingerprint density at radius 1 is 1.09 bits per heavy atom. The molecule has 1 heterocycles. The minimum atomic E-state index is -0.741. The summed E-state index contributed by atoms with van der Waals surface area (Å²) in [6.07, 6.45) is 3.78. The molecule has 0 unspecified atom stereocenters. The smallest absolute Gasteiger partial charge is 0.303 e. The maximum absolute atomic E-state index is 10.7. The van der Waals surface area contributed by atoms with E-state index in [0.717, 1.165) is 18.0 Å². The molecule has 0 aliphatic heterocycles. The van der Waals surface area contributed by atoms with Gasteiger partial charge in [0.05, 0.1) is 0 Å². The molecule has 4 heteroatoms. The molecule has 0 bridgehead atoms. The number of nitrogens with zero attached hydrogens (tertiary/aromatic N) is 1. The molecular formula is C19H18ClNO2. The molecule has 0 atom stereocenters. The van der Waals surface area contributed by atoms with Crippen molar-refractivity contribution in [1.82, 2.24) is 4.57 Å². The first kappa shape index (κ1) is 15.6. The Labute approximate surface area is 140 Å². The van der Waals surface area contributed by atoms with Crippen molar-refractivity contribution >= 4 is 28.5 Å². The van der Waals surface area contributed by atoms with Gasteiger partial charge >= 0.3 is 5.97 Å². The molecule has 3 nitrogen and oxygen atoms in total. The van der Waals surface area contributed by atoms with E-state index in [1.165, 1.54) is 22.0 Å². The molecule has 118 valence electrons. The van der Waals surface area contributed by atoms with Gasteiger partial charge in [-0.15, -0.1) is 0 Å². The van der Waals surface area contributed by atoms with Gasteiger partial charge in [0, 0.05) is 35.1 Å². The second kappa shape index (κ2) is 6.88. The minimum absolute atomic E-state index is 0.205. The molecule has 0 aliphatic carbocycles. The number of hydrogen-bond acceptors (Lipinski definition) is 1. The summed E-state index contributed by atoms with van der Waals surface area (Å²) in [6.45, 7) is 0.774. The predicted molar refractivity (Wildman–Crippen MR) is 93.1 cm³/mol. The van der Waals surface area contributed by atoms with Gasteiger partial charge in [-0.1, -0.05) is 41.9 Å². The molecule has 0 spiro atoms. The molecular weight excluding hydrogens is 310 g/mol. The molecule has 3 aromatic rings. The third-order valence-corrected chi connectivity index (χ3v) is 4.23. The Hall–Kier alpha value is -2.26. The quantitative estimate of drug-likeness (QED) is 0.710. The number of rotatable bonds is 6. The van der Waals surface area contributed by atoms with Gasteiger partial charge in [-0.05, 0) is 42.2 Å². The molecule has 3 rings (SSSR count). The van der Waals surface area contributed by atoms with Crippen molar-refractivity contribution in [2.75, 3.05) is 0 Å². The fourth-order valence-corrected chi connectivity index (χ4v) is 3.00. The van der Waals surface area contributed by atoms with Crippen molar-refractivity contribution in [1.29, 1.82) is 0 Å². The predicted octanol–water partition coefficient (Wildman–Crippen LogP) is 4.75. The molecule has 0 saturated heterocycles. The maximum Gasteiger partial charge on any atom is 0.303 e. The summed E-state index contributed by atoms with van der Waals surface area (Å²) < 4.78 is 2.22. The normalized spacial score (nSPS) is 11.0. The number of aryl methyl sites for hydroxylation is 1. The van der Waals surface area contributed by atoms with Gasteiger partial charge in [-0.2, -0.15) is 0 Å². The lowest BCUT2D eigenvalue weighted by Crippen LogP contribution is -1.98. The van der Waals surface area contributed by atoms with E-state index < -0.39 is 5.97 Å². The van der Waals surface area contributed by atoms with Crippen LogP contribution in [0.3, 0.4) is 0 Å². The zero-order valence-corrected chi connectivity index (χ0v) is 13.5. The standard InChI is InChI=1S/C19H18ClNO2/c20-16-10-8-14(9-11-16)12-21-13-15(4-3-7-19(22)23)17-5-1-2-6-18(17)21/h1-2,5-6,8-11,13H,3-4,7,12H2,(H,22,23). The summed E-state index contributed by atoms with van der Waals surface area (Å²) >= 11 is 5.94. The van der Waals surface area contributed by atoms with Crippen molar-refractivity contribution in [3.8, 4) is 0 Å². The highest BCUT2D eigenvalue weighted by Crippen LogP contribution is 2.24. The summed E-state index contributed by atoms with van der Waals surface area (Å²) in [5, 5.41) is 10.7. The van der Waals surface area contributed by atoms with Crippen LogP contribution in [0.15, 0.2) is 54.7 Å². The molecule has 1 aromatic heterocycles. The lowest BCUT2D eigenvalue weighted by Gasteiger charge is -2.05. The average molecular weight is 328 g/mol. The monoisotopic (exact) mass is 327 g/mol. The van der Waals surface area contributed by atoms with Crippen molar-refractivity contribution < 1.29 is 9.90 Å². The van der Waals surface area contributed by atoms with Crippen molar-refractivity contribution in [3.63, 3.8) is 0 Å². The molecule has 2 aromatic carbocycles. The van der Waals surface area contributed by atoms with Crippen molar-refractivity contribution in [3.05, 3.63) is 70.9 Å². The molecule has 23 heavy (non-hydrogen) atoms. The second-order valence-corrected chi connectivity index (χ2v) is 6.11. The largest absolute Gasteiger partial charge is 0.481 e. The SMILES string of the molecule is O=C(O)CCCc1cn(Cc2ccc(Cl)cc2)c2ccccc12. The Morgan fingerprint density at radius 2 is 1.83 bits per heavy atom. The molecule has 0 aliphatic rings. The average Bonchev–Trinajstić information content (AvgIpc) is 2.88. The molecule has 1 N–H and O–H groups in total. The van der Waals surface area contributed by atoms with Gasteiger partial charge in [0.1, 0.15) is 0 Å². The highest BCUT2D eigenvalue weighted by atomic mass is 35.5.